The van der Waals surface area contributed by atoms with Crippen molar-refractivity contribution >= 4 is 5.97 Å². The Bertz CT molecular complexity index is 342. The summed E-state index contributed by atoms with van der Waals surface area (Å²) in [5, 5.41) is 12.3. The number of rotatable bonds is 5. The molecule has 2 N–H and O–H groups in total. The second-order valence-electron chi connectivity index (χ2n) is 7.18. The zero-order valence-electron chi connectivity index (χ0n) is 13.2. The highest BCUT2D eigenvalue weighted by atomic mass is 16.4. The average molecular weight is 282 g/mol. The number of likely N-dealkylation sites (tertiary alicyclic amines) is 1. The summed E-state index contributed by atoms with van der Waals surface area (Å²) in [5.41, 5.74) is -0.183. The molecule has 0 amide bonds. The van der Waals surface area contributed by atoms with Gasteiger partial charge in [-0.2, -0.15) is 0 Å². The van der Waals surface area contributed by atoms with Crippen molar-refractivity contribution in [3.8, 4) is 0 Å². The summed E-state index contributed by atoms with van der Waals surface area (Å²) in [6.45, 7) is 6.24. The number of carbonyl (C=O) groups is 1. The highest BCUT2D eigenvalue weighted by Gasteiger charge is 2.40. The van der Waals surface area contributed by atoms with Gasteiger partial charge in [0, 0.05) is 6.04 Å². The maximum absolute atomic E-state index is 11.4. The monoisotopic (exact) mass is 282 g/mol. The predicted octanol–water partition coefficient (Wildman–Crippen LogP) is 2.48. The summed E-state index contributed by atoms with van der Waals surface area (Å²) in [6.07, 6.45) is 8.92. The van der Waals surface area contributed by atoms with Crippen molar-refractivity contribution in [1.82, 2.24) is 10.2 Å². The molecule has 116 valence electrons. The van der Waals surface area contributed by atoms with Crippen molar-refractivity contribution in [3.63, 3.8) is 0 Å². The first-order valence-corrected chi connectivity index (χ1v) is 8.07. The molecule has 1 saturated carbocycles. The van der Waals surface area contributed by atoms with Crippen LogP contribution >= 0.6 is 0 Å². The third kappa shape index (κ3) is 3.17. The fraction of sp³-hybridized carbons (Fsp3) is 0.938. The fourth-order valence-electron chi connectivity index (χ4n) is 4.08. The van der Waals surface area contributed by atoms with E-state index in [9.17, 15) is 9.90 Å². The SMILES string of the molecule is CNC(C)(CC(C)N1CCC2(CCCC2)CC1)C(=O)O. The molecule has 2 rings (SSSR count). The Morgan fingerprint density at radius 1 is 1.30 bits per heavy atom. The molecule has 2 aliphatic rings. The smallest absolute Gasteiger partial charge is 0.323 e. The quantitative estimate of drug-likeness (QED) is 0.813. The molecule has 1 saturated heterocycles. The van der Waals surface area contributed by atoms with Crippen LogP contribution in [0.25, 0.3) is 0 Å². The van der Waals surface area contributed by atoms with Gasteiger partial charge in [-0.3, -0.25) is 4.79 Å². The topological polar surface area (TPSA) is 52.6 Å². The van der Waals surface area contributed by atoms with Crippen LogP contribution in [0, 0.1) is 5.41 Å². The average Bonchev–Trinajstić information content (AvgIpc) is 2.87. The molecule has 1 aliphatic heterocycles. The van der Waals surface area contributed by atoms with Crippen LogP contribution in [0.15, 0.2) is 0 Å². The predicted molar refractivity (Wildman–Crippen MR) is 80.9 cm³/mol. The van der Waals surface area contributed by atoms with Gasteiger partial charge in [-0.1, -0.05) is 12.8 Å². The second kappa shape index (κ2) is 6.02. The third-order valence-electron chi connectivity index (χ3n) is 5.87. The van der Waals surface area contributed by atoms with Crippen molar-refractivity contribution in [2.24, 2.45) is 5.41 Å². The molecule has 0 bridgehead atoms. The van der Waals surface area contributed by atoms with Gasteiger partial charge in [0.15, 0.2) is 0 Å². The summed E-state index contributed by atoms with van der Waals surface area (Å²) in [4.78, 5) is 13.9. The normalized spacial score (nSPS) is 27.4. The van der Waals surface area contributed by atoms with E-state index in [1.165, 1.54) is 38.5 Å². The van der Waals surface area contributed by atoms with Gasteiger partial charge >= 0.3 is 5.97 Å². The zero-order valence-corrected chi connectivity index (χ0v) is 13.2. The van der Waals surface area contributed by atoms with E-state index in [-0.39, 0.29) is 0 Å². The van der Waals surface area contributed by atoms with E-state index >= 15 is 0 Å². The lowest BCUT2D eigenvalue weighted by Gasteiger charge is -2.43. The number of piperidine rings is 1. The largest absolute Gasteiger partial charge is 0.480 e. The molecular weight excluding hydrogens is 252 g/mol. The molecule has 4 heteroatoms. The first kappa shape index (κ1) is 15.8. The van der Waals surface area contributed by atoms with Crippen molar-refractivity contribution in [2.75, 3.05) is 20.1 Å². The van der Waals surface area contributed by atoms with E-state index in [1.807, 2.05) is 0 Å². The Balaban J connectivity index is 1.88. The Kier molecular flexibility index (Phi) is 4.75. The van der Waals surface area contributed by atoms with Gasteiger partial charge in [0.1, 0.15) is 5.54 Å². The van der Waals surface area contributed by atoms with Crippen LogP contribution in [0.1, 0.15) is 58.8 Å². The second-order valence-corrected chi connectivity index (χ2v) is 7.18. The van der Waals surface area contributed by atoms with Crippen molar-refractivity contribution in [3.05, 3.63) is 0 Å². The van der Waals surface area contributed by atoms with Crippen LogP contribution in [0.4, 0.5) is 0 Å². The van der Waals surface area contributed by atoms with Gasteiger partial charge in [0.05, 0.1) is 0 Å². The number of nitrogens with zero attached hydrogens (tertiary/aromatic N) is 1. The number of nitrogens with one attached hydrogen (secondary N) is 1. The van der Waals surface area contributed by atoms with Gasteiger partial charge in [0.2, 0.25) is 0 Å². The maximum atomic E-state index is 11.4. The third-order valence-corrected chi connectivity index (χ3v) is 5.87. The maximum Gasteiger partial charge on any atom is 0.323 e. The number of hydrogen-bond donors (Lipinski definition) is 2. The van der Waals surface area contributed by atoms with E-state index < -0.39 is 11.5 Å². The molecule has 1 aliphatic carbocycles. The molecule has 1 spiro atoms. The summed E-state index contributed by atoms with van der Waals surface area (Å²) in [5.74, 6) is -0.754. The van der Waals surface area contributed by atoms with E-state index in [0.29, 0.717) is 17.9 Å². The van der Waals surface area contributed by atoms with Crippen LogP contribution < -0.4 is 5.32 Å². The van der Waals surface area contributed by atoms with E-state index in [4.69, 9.17) is 0 Å². The number of aliphatic carboxylic acids is 1. The molecule has 0 aromatic carbocycles. The van der Waals surface area contributed by atoms with E-state index in [2.05, 4.69) is 17.1 Å². The minimum absolute atomic E-state index is 0.322. The van der Waals surface area contributed by atoms with Gasteiger partial charge in [0.25, 0.3) is 0 Å². The van der Waals surface area contributed by atoms with Crippen molar-refractivity contribution in [1.29, 1.82) is 0 Å². The molecule has 2 unspecified atom stereocenters. The fourth-order valence-corrected chi connectivity index (χ4v) is 4.08. The van der Waals surface area contributed by atoms with Crippen LogP contribution in [-0.2, 0) is 4.79 Å². The summed E-state index contributed by atoms with van der Waals surface area (Å²) >= 11 is 0. The summed E-state index contributed by atoms with van der Waals surface area (Å²) in [7, 11) is 1.74. The highest BCUT2D eigenvalue weighted by Crippen LogP contribution is 2.46. The molecule has 20 heavy (non-hydrogen) atoms. The van der Waals surface area contributed by atoms with Crippen molar-refractivity contribution in [2.45, 2.75) is 70.4 Å². The molecular formula is C16H30N2O2. The first-order chi connectivity index (χ1) is 9.41. The lowest BCUT2D eigenvalue weighted by molar-refractivity contribution is -0.144. The minimum atomic E-state index is -0.818. The van der Waals surface area contributed by atoms with Crippen LogP contribution in [-0.4, -0.2) is 47.7 Å². The molecule has 0 radical (unpaired) electrons. The van der Waals surface area contributed by atoms with E-state index in [0.717, 1.165) is 13.1 Å². The van der Waals surface area contributed by atoms with Gasteiger partial charge in [-0.25, -0.2) is 0 Å². The van der Waals surface area contributed by atoms with Gasteiger partial charge in [-0.05, 0) is 71.5 Å². The van der Waals surface area contributed by atoms with Crippen LogP contribution in [0.5, 0.6) is 0 Å². The van der Waals surface area contributed by atoms with Gasteiger partial charge < -0.3 is 15.3 Å². The number of carboxylic acids is 1. The Morgan fingerprint density at radius 2 is 1.85 bits per heavy atom. The molecule has 0 aromatic heterocycles. The molecule has 0 aromatic rings. The zero-order chi connectivity index (χ0) is 14.8. The van der Waals surface area contributed by atoms with Gasteiger partial charge in [-0.15, -0.1) is 0 Å². The minimum Gasteiger partial charge on any atom is -0.480 e. The van der Waals surface area contributed by atoms with Crippen LogP contribution in [0.3, 0.4) is 0 Å². The molecule has 4 nitrogen and oxygen atoms in total. The number of hydrogen-bond acceptors (Lipinski definition) is 3. The molecule has 2 atom stereocenters. The summed E-state index contributed by atoms with van der Waals surface area (Å²) in [6, 6.07) is 0.322. The first-order valence-electron chi connectivity index (χ1n) is 8.07. The van der Waals surface area contributed by atoms with Crippen molar-refractivity contribution < 1.29 is 9.90 Å². The lowest BCUT2D eigenvalue weighted by atomic mass is 9.76. The highest BCUT2D eigenvalue weighted by molar-refractivity contribution is 5.78. The number of carboxylic acid groups (broad SMARTS) is 1. The molecule has 1 heterocycles. The van der Waals surface area contributed by atoms with E-state index in [1.54, 1.807) is 14.0 Å². The van der Waals surface area contributed by atoms with Crippen LogP contribution in [0.2, 0.25) is 0 Å². The standard InChI is InChI=1S/C16H30N2O2/c1-13(12-15(2,17-3)14(19)20)18-10-8-16(9-11-18)6-4-5-7-16/h13,17H,4-12H2,1-3H3,(H,19,20). The Morgan fingerprint density at radius 3 is 2.30 bits per heavy atom. The molecule has 2 fully saturated rings. The lowest BCUT2D eigenvalue weighted by Crippen LogP contribution is -2.53. The summed E-state index contributed by atoms with van der Waals surface area (Å²) < 4.78 is 0. The Labute approximate surface area is 122 Å². The Hall–Kier alpha value is -0.610. The number of likely N-dealkylation sites (N-methyl/N-ethyl adjacent to an activating group) is 1.